The number of ether oxygens (including phenoxy) is 2. The minimum absolute atomic E-state index is 0.0360. The molecule has 34 heavy (non-hydrogen) atoms. The van der Waals surface area contributed by atoms with Crippen molar-refractivity contribution in [3.63, 3.8) is 0 Å². The minimum Gasteiger partial charge on any atom is -0.480 e. The van der Waals surface area contributed by atoms with Crippen molar-refractivity contribution in [3.05, 3.63) is 41.5 Å². The number of imidazole rings is 1. The van der Waals surface area contributed by atoms with Crippen LogP contribution in [0.5, 0.6) is 11.5 Å². The summed E-state index contributed by atoms with van der Waals surface area (Å²) in [4.78, 5) is 46.4. The summed E-state index contributed by atoms with van der Waals surface area (Å²) in [6.07, 6.45) is 4.56. The minimum atomic E-state index is -1.19. The summed E-state index contributed by atoms with van der Waals surface area (Å²) >= 11 is 0. The third-order valence-electron chi connectivity index (χ3n) is 8.14. The lowest BCUT2D eigenvalue weighted by Crippen LogP contribution is -2.65. The van der Waals surface area contributed by atoms with Gasteiger partial charge in [0, 0.05) is 41.8 Å². The molecule has 1 spiro atoms. The number of carboxylic acid groups (broad SMARTS) is 1. The average molecular weight is 466 g/mol. The van der Waals surface area contributed by atoms with Gasteiger partial charge in [-0.25, -0.2) is 14.6 Å². The molecular formula is C24H26N4O6. The molecule has 0 radical (unpaired) electrons. The van der Waals surface area contributed by atoms with Crippen LogP contribution in [0.15, 0.2) is 24.7 Å². The van der Waals surface area contributed by atoms with Crippen molar-refractivity contribution in [1.29, 1.82) is 0 Å². The molecule has 1 saturated carbocycles. The highest BCUT2D eigenvalue weighted by molar-refractivity contribution is 5.89. The first-order valence-electron chi connectivity index (χ1n) is 11.6. The van der Waals surface area contributed by atoms with Gasteiger partial charge in [0.1, 0.15) is 6.04 Å². The monoisotopic (exact) mass is 466 g/mol. The van der Waals surface area contributed by atoms with Gasteiger partial charge in [-0.1, -0.05) is 6.07 Å². The Kier molecular flexibility index (Phi) is 4.70. The average Bonchev–Trinajstić information content (AvgIpc) is 3.44. The number of likely N-dealkylation sites (N-methyl/N-ethyl adjacent to an activating group) is 1. The number of Topliss-reactive ketones (excluding diaryl/α,β-unsaturated/α-hetero) is 1. The molecule has 2 fully saturated rings. The zero-order valence-corrected chi connectivity index (χ0v) is 18.7. The van der Waals surface area contributed by atoms with E-state index in [0.717, 1.165) is 36.9 Å². The Balaban J connectivity index is 1.31. The van der Waals surface area contributed by atoms with Crippen molar-refractivity contribution in [2.24, 2.45) is 5.92 Å². The van der Waals surface area contributed by atoms with Gasteiger partial charge in [-0.15, -0.1) is 0 Å². The van der Waals surface area contributed by atoms with E-state index in [1.165, 1.54) is 12.5 Å². The van der Waals surface area contributed by atoms with Gasteiger partial charge < -0.3 is 29.8 Å². The fourth-order valence-electron chi connectivity index (χ4n) is 6.68. The molecule has 1 amide bonds. The summed E-state index contributed by atoms with van der Waals surface area (Å²) in [5, 5.41) is 11.9. The van der Waals surface area contributed by atoms with E-state index in [4.69, 9.17) is 9.47 Å². The summed E-state index contributed by atoms with van der Waals surface area (Å²) in [5.41, 5.74) is 2.34. The van der Waals surface area contributed by atoms with Crippen LogP contribution in [0.1, 0.15) is 36.1 Å². The maximum absolute atomic E-state index is 13.0. The van der Waals surface area contributed by atoms with Crippen LogP contribution in [0, 0.1) is 5.92 Å². The Morgan fingerprint density at radius 3 is 3.06 bits per heavy atom. The molecule has 3 unspecified atom stereocenters. The van der Waals surface area contributed by atoms with Crippen LogP contribution in [-0.4, -0.2) is 69.6 Å². The van der Waals surface area contributed by atoms with Crippen molar-refractivity contribution < 1.29 is 29.0 Å². The Morgan fingerprint density at radius 1 is 1.44 bits per heavy atom. The number of carbonyl (C=O) groups excluding carboxylic acids is 2. The Bertz CT molecular complexity index is 1180. The summed E-state index contributed by atoms with van der Waals surface area (Å²) in [6.45, 7) is 0.882. The number of nitrogens with one attached hydrogen (secondary N) is 2. The number of aliphatic carboxylic acids is 1. The maximum atomic E-state index is 13.0. The van der Waals surface area contributed by atoms with Gasteiger partial charge >= 0.3 is 12.1 Å². The van der Waals surface area contributed by atoms with E-state index in [-0.39, 0.29) is 23.4 Å². The van der Waals surface area contributed by atoms with Crippen molar-refractivity contribution >= 4 is 17.8 Å². The standard InChI is InChI=1S/C24H26N4O6/c1-28-7-6-24-14-3-4-17(29)21(24)34-20-18(5-2-12(19(20)24)8-16(14)28)33-23(32)27-15(22(30)31)9-13-10-25-11-26-13/h2,5,10-11,14-16,21H,3-4,6-9H2,1H3,(H,25,26)(H,27,32)(H,30,31)/t14?,15-,16?,21+,24?/m1/s1. The molecule has 5 atom stereocenters. The topological polar surface area (TPSA) is 134 Å². The van der Waals surface area contributed by atoms with Crippen LogP contribution in [0.3, 0.4) is 0 Å². The van der Waals surface area contributed by atoms with Crippen LogP contribution in [0.25, 0.3) is 0 Å². The first-order valence-corrected chi connectivity index (χ1v) is 11.6. The largest absolute Gasteiger partial charge is 0.480 e. The number of rotatable bonds is 5. The van der Waals surface area contributed by atoms with E-state index in [1.807, 2.05) is 6.07 Å². The number of carboxylic acids is 1. The van der Waals surface area contributed by atoms with Crippen molar-refractivity contribution in [1.82, 2.24) is 20.2 Å². The molecule has 1 saturated heterocycles. The molecule has 10 nitrogen and oxygen atoms in total. The second kappa shape index (κ2) is 7.56. The lowest BCUT2D eigenvalue weighted by atomic mass is 9.52. The number of hydrogen-bond acceptors (Lipinski definition) is 7. The number of aromatic amines is 1. The Labute approximate surface area is 195 Å². The van der Waals surface area contributed by atoms with E-state index in [2.05, 4.69) is 27.2 Å². The van der Waals surface area contributed by atoms with E-state index < -0.39 is 24.2 Å². The third-order valence-corrected chi connectivity index (χ3v) is 8.14. The molecule has 3 N–H and O–H groups in total. The highest BCUT2D eigenvalue weighted by Crippen LogP contribution is 2.63. The number of carbonyl (C=O) groups is 3. The van der Waals surface area contributed by atoms with Gasteiger partial charge in [-0.3, -0.25) is 4.79 Å². The van der Waals surface area contributed by atoms with Gasteiger partial charge in [-0.05, 0) is 50.4 Å². The second-order valence-electron chi connectivity index (χ2n) is 9.78. The molecule has 10 heteroatoms. The molecule has 2 aliphatic heterocycles. The van der Waals surface area contributed by atoms with E-state index >= 15 is 0 Å². The number of benzene rings is 1. The van der Waals surface area contributed by atoms with Crippen LogP contribution in [-0.2, 0) is 27.8 Å². The number of hydrogen-bond donors (Lipinski definition) is 3. The summed E-state index contributed by atoms with van der Waals surface area (Å²) in [6, 6.07) is 2.81. The Morgan fingerprint density at radius 2 is 2.29 bits per heavy atom. The van der Waals surface area contributed by atoms with Gasteiger partial charge in [0.25, 0.3) is 0 Å². The molecule has 2 aromatic rings. The second-order valence-corrected chi connectivity index (χ2v) is 9.78. The number of ketones is 1. The maximum Gasteiger partial charge on any atom is 0.413 e. The number of likely N-dealkylation sites (tertiary alicyclic amines) is 1. The molecular weight excluding hydrogens is 440 g/mol. The smallest absolute Gasteiger partial charge is 0.413 e. The van der Waals surface area contributed by atoms with Gasteiger partial charge in [0.05, 0.1) is 6.33 Å². The SMILES string of the molecule is CN1CCC23c4c5ccc(OC(=O)N[C@H](Cc6cnc[nH]6)C(=O)O)c4O[C@H]2C(=O)CCC3C1C5. The van der Waals surface area contributed by atoms with Crippen molar-refractivity contribution in [2.45, 2.75) is 55.7 Å². The number of H-pyrrole nitrogens is 1. The first kappa shape index (κ1) is 21.2. The predicted octanol–water partition coefficient (Wildman–Crippen LogP) is 1.43. The van der Waals surface area contributed by atoms with E-state index in [9.17, 15) is 19.5 Å². The van der Waals surface area contributed by atoms with E-state index in [0.29, 0.717) is 29.8 Å². The quantitative estimate of drug-likeness (QED) is 0.603. The van der Waals surface area contributed by atoms with Crippen LogP contribution in [0.2, 0.25) is 0 Å². The number of piperidine rings is 1. The molecule has 1 aromatic carbocycles. The van der Waals surface area contributed by atoms with Crippen LogP contribution >= 0.6 is 0 Å². The summed E-state index contributed by atoms with van der Waals surface area (Å²) in [5.74, 6) is -0.0912. The lowest BCUT2D eigenvalue weighted by molar-refractivity contribution is -0.139. The highest BCUT2D eigenvalue weighted by Gasteiger charge is 2.65. The van der Waals surface area contributed by atoms with Gasteiger partial charge in [0.2, 0.25) is 0 Å². The molecule has 4 aliphatic rings. The molecule has 3 heterocycles. The zero-order valence-electron chi connectivity index (χ0n) is 18.7. The molecule has 2 aliphatic carbocycles. The highest BCUT2D eigenvalue weighted by atomic mass is 16.6. The van der Waals surface area contributed by atoms with Gasteiger partial charge in [0.15, 0.2) is 23.4 Å². The number of amides is 1. The molecule has 6 rings (SSSR count). The third kappa shape index (κ3) is 2.97. The molecule has 2 bridgehead atoms. The number of aromatic nitrogens is 2. The Hall–Kier alpha value is -3.40. The van der Waals surface area contributed by atoms with Crippen LogP contribution < -0.4 is 14.8 Å². The predicted molar refractivity (Wildman–Crippen MR) is 118 cm³/mol. The molecule has 1 aromatic heterocycles. The fourth-order valence-corrected chi connectivity index (χ4v) is 6.68. The van der Waals surface area contributed by atoms with Gasteiger partial charge in [-0.2, -0.15) is 0 Å². The number of nitrogens with zero attached hydrogens (tertiary/aromatic N) is 2. The van der Waals surface area contributed by atoms with Crippen LogP contribution in [0.4, 0.5) is 4.79 Å². The van der Waals surface area contributed by atoms with Crippen molar-refractivity contribution in [2.75, 3.05) is 13.6 Å². The molecule has 178 valence electrons. The van der Waals surface area contributed by atoms with Crippen molar-refractivity contribution in [3.8, 4) is 11.5 Å². The lowest BCUT2D eigenvalue weighted by Gasteiger charge is -2.57. The summed E-state index contributed by atoms with van der Waals surface area (Å²) < 4.78 is 11.9. The summed E-state index contributed by atoms with van der Waals surface area (Å²) in [7, 11) is 2.15. The zero-order chi connectivity index (χ0) is 23.6. The van der Waals surface area contributed by atoms with E-state index in [1.54, 1.807) is 6.07 Å². The first-order chi connectivity index (χ1) is 16.4. The fraction of sp³-hybridized carbons (Fsp3) is 0.500. The normalized spacial score (nSPS) is 29.7.